The number of rotatable bonds is 7. The van der Waals surface area contributed by atoms with Crippen LogP contribution in [-0.4, -0.2) is 23.3 Å². The smallest absolute Gasteiger partial charge is 0 e. The van der Waals surface area contributed by atoms with Crippen LogP contribution in [0.1, 0.15) is 17.0 Å². The first-order chi connectivity index (χ1) is 15.5. The van der Waals surface area contributed by atoms with Gasteiger partial charge in [-0.3, -0.25) is 14.9 Å². The van der Waals surface area contributed by atoms with Gasteiger partial charge in [0.1, 0.15) is 0 Å². The Morgan fingerprint density at radius 3 is 1.47 bits per heavy atom. The Morgan fingerprint density at radius 2 is 1.15 bits per heavy atom. The monoisotopic (exact) mass is 718 g/mol. The van der Waals surface area contributed by atoms with E-state index in [1.54, 1.807) is 24.5 Å². The van der Waals surface area contributed by atoms with Crippen molar-refractivity contribution in [3.05, 3.63) is 110 Å². The summed E-state index contributed by atoms with van der Waals surface area (Å²) in [6.07, 6.45) is 3.55. The molecule has 0 atom stereocenters. The molecule has 0 amide bonds. The molecular weight excluding hydrogens is 698 g/mol. The maximum Gasteiger partial charge on any atom is 0 e. The minimum Gasteiger partial charge on any atom is 0 e. The van der Waals surface area contributed by atoms with Crippen LogP contribution in [0.2, 0.25) is 0 Å². The fraction of sp³-hybridized carbons (Fsp3) is 0.136. The first-order valence-corrected chi connectivity index (χ1v) is 10.3. The summed E-state index contributed by atoms with van der Waals surface area (Å²) in [5, 5.41) is 5.16. The molecule has 0 aliphatic carbocycles. The van der Waals surface area contributed by atoms with E-state index >= 15 is 0 Å². The zero-order chi connectivity index (χ0) is 24.4. The Labute approximate surface area is 223 Å². The van der Waals surface area contributed by atoms with Gasteiger partial charge in [-0.25, -0.2) is 13.6 Å². The van der Waals surface area contributed by atoms with Crippen molar-refractivity contribution in [2.75, 3.05) is 0 Å². The Balaban J connectivity index is -0.00000111. The predicted octanol–water partition coefficient (Wildman–Crippen LogP) is -0.785. The molecule has 9 nitrogen and oxygen atoms in total. The fourth-order valence-corrected chi connectivity index (χ4v) is 3.17. The molecule has 0 spiro atoms. The van der Waals surface area contributed by atoms with Gasteiger partial charge in [0.25, 0.3) is 0 Å². The second-order valence-electron chi connectivity index (χ2n) is 5.98. The fourth-order valence-electron chi connectivity index (χ4n) is 2.65. The molecule has 2 aromatic heterocycles. The van der Waals surface area contributed by atoms with E-state index in [0.29, 0.717) is 19.6 Å². The van der Waals surface area contributed by atoms with E-state index in [2.05, 4.69) is 34.8 Å². The topological polar surface area (TPSA) is 149 Å². The minimum atomic E-state index is -3.68. The van der Waals surface area contributed by atoms with Crippen molar-refractivity contribution in [3.63, 3.8) is 0 Å². The zero-order valence-electron chi connectivity index (χ0n) is 17.7. The molecule has 12 heteroatoms. The molecule has 0 bridgehead atoms. The first kappa shape index (κ1) is 36.3. The maximum absolute atomic E-state index is 11.4. The van der Waals surface area contributed by atoms with Gasteiger partial charge >= 0.3 is 33.9 Å². The number of nitrogens with zero attached hydrogens (tertiary/aromatic N) is 3. The van der Waals surface area contributed by atoms with Crippen LogP contribution in [0, 0.1) is 20.0 Å². The van der Waals surface area contributed by atoms with E-state index in [1.807, 2.05) is 36.4 Å². The summed E-state index contributed by atoms with van der Waals surface area (Å²) < 4.78 is 45.3. The molecule has 0 aliphatic rings. The average Bonchev–Trinajstić information content (AvgIpc) is 2.84. The molecule has 0 aliphatic heterocycles. The standard InChI is InChI=1S/C19H20N4O2S.3CO.BrH.Re/c20-26(24,25)19-9-7-16(8-10-19)13-23(14-17-5-1-3-11-21-17)15-18-6-2-4-12-22-18;3*1-2;;/h1-12H,13-15H2,(H2,20,24,25);;;;1H;/p-1. The summed E-state index contributed by atoms with van der Waals surface area (Å²) >= 11 is 0. The van der Waals surface area contributed by atoms with Crippen LogP contribution in [-0.2, 0) is 64.0 Å². The van der Waals surface area contributed by atoms with Crippen molar-refractivity contribution in [2.24, 2.45) is 5.14 Å². The number of pyridine rings is 2. The molecule has 0 saturated heterocycles. The van der Waals surface area contributed by atoms with Crippen molar-refractivity contribution in [2.45, 2.75) is 24.5 Å². The molecule has 2 N–H and O–H groups in total. The SMILES string of the molecule is NS(=O)(=O)c1ccc(CN(Cc2ccccn2)Cc2ccccn2)cc1.[Br-].[C-]#[O+].[C-]#[O+].[C-]#[O+].[Re]. The molecule has 1 aromatic carbocycles. The van der Waals surface area contributed by atoms with Gasteiger partial charge in [0.05, 0.1) is 16.3 Å². The van der Waals surface area contributed by atoms with Gasteiger partial charge in [0.2, 0.25) is 10.0 Å². The van der Waals surface area contributed by atoms with Gasteiger partial charge in [-0.1, -0.05) is 24.3 Å². The predicted molar refractivity (Wildman–Crippen MR) is 111 cm³/mol. The van der Waals surface area contributed by atoms with Gasteiger partial charge in [-0.05, 0) is 42.0 Å². The van der Waals surface area contributed by atoms with Crippen molar-refractivity contribution >= 4 is 10.0 Å². The molecule has 3 aromatic rings. The van der Waals surface area contributed by atoms with Gasteiger partial charge in [-0.15, -0.1) is 0 Å². The summed E-state index contributed by atoms with van der Waals surface area (Å²) in [7, 11) is -3.68. The van der Waals surface area contributed by atoms with Crippen molar-refractivity contribution in [1.82, 2.24) is 14.9 Å². The van der Waals surface area contributed by atoms with Crippen LogP contribution < -0.4 is 22.1 Å². The zero-order valence-corrected chi connectivity index (χ0v) is 22.8. The molecule has 0 fully saturated rings. The van der Waals surface area contributed by atoms with Crippen molar-refractivity contribution in [1.29, 1.82) is 0 Å². The molecule has 0 unspecified atom stereocenters. The number of hydrogen-bond donors (Lipinski definition) is 1. The van der Waals surface area contributed by atoms with Crippen LogP contribution in [0.15, 0.2) is 78.0 Å². The van der Waals surface area contributed by atoms with E-state index in [0.717, 1.165) is 17.0 Å². The number of halogens is 1. The molecule has 1 radical (unpaired) electrons. The molecule has 3 rings (SSSR count). The normalized spacial score (nSPS) is 9.06. The van der Waals surface area contributed by atoms with Crippen LogP contribution >= 0.6 is 0 Å². The van der Waals surface area contributed by atoms with Gasteiger partial charge in [0.15, 0.2) is 0 Å². The summed E-state index contributed by atoms with van der Waals surface area (Å²) in [5.74, 6) is 0. The quantitative estimate of drug-likeness (QED) is 0.252. The number of hydrogen-bond acceptors (Lipinski definition) is 5. The van der Waals surface area contributed by atoms with Crippen LogP contribution in [0.4, 0.5) is 0 Å². The largest absolute Gasteiger partial charge is 0 e. The summed E-state index contributed by atoms with van der Waals surface area (Å²) in [6.45, 7) is 15.5. The summed E-state index contributed by atoms with van der Waals surface area (Å²) in [5.41, 5.74) is 2.92. The van der Waals surface area contributed by atoms with E-state index in [4.69, 9.17) is 19.1 Å². The molecular formula is C22H20BrN4O5ReS-. The third-order valence-corrected chi connectivity index (χ3v) is 4.81. The van der Waals surface area contributed by atoms with Crippen LogP contribution in [0.25, 0.3) is 0 Å². The van der Waals surface area contributed by atoms with Gasteiger partial charge in [0, 0.05) is 52.5 Å². The Morgan fingerprint density at radius 1 is 0.735 bits per heavy atom. The second-order valence-corrected chi connectivity index (χ2v) is 7.54. The summed E-state index contributed by atoms with van der Waals surface area (Å²) in [4.78, 5) is 11.1. The number of primary sulfonamides is 1. The minimum absolute atomic E-state index is 0. The molecule has 0 saturated carbocycles. The van der Waals surface area contributed by atoms with Crippen molar-refractivity contribution in [3.8, 4) is 0 Å². The number of benzene rings is 1. The molecule has 34 heavy (non-hydrogen) atoms. The Kier molecular flexibility index (Phi) is 22.8. The third kappa shape index (κ3) is 14.1. The average molecular weight is 719 g/mol. The summed E-state index contributed by atoms with van der Waals surface area (Å²) in [6, 6.07) is 18.3. The van der Waals surface area contributed by atoms with Gasteiger partial charge < -0.3 is 17.0 Å². The number of aromatic nitrogens is 2. The molecule has 2 heterocycles. The van der Waals surface area contributed by atoms with E-state index in [1.165, 1.54) is 12.1 Å². The third-order valence-electron chi connectivity index (χ3n) is 3.88. The Hall–Kier alpha value is -2.25. The number of nitrogens with two attached hydrogens (primary N) is 1. The van der Waals surface area contributed by atoms with E-state index in [-0.39, 0.29) is 42.3 Å². The molecule has 179 valence electrons. The van der Waals surface area contributed by atoms with Crippen LogP contribution in [0.3, 0.4) is 0 Å². The Bertz CT molecular complexity index is 1030. The van der Waals surface area contributed by atoms with Gasteiger partial charge in [-0.2, -0.15) is 0 Å². The second kappa shape index (κ2) is 21.3. The van der Waals surface area contributed by atoms with Crippen molar-refractivity contribution < 1.29 is 59.8 Å². The number of sulfonamides is 1. The first-order valence-electron chi connectivity index (χ1n) is 8.76. The van der Waals surface area contributed by atoms with E-state index < -0.39 is 10.0 Å². The van der Waals surface area contributed by atoms with Crippen LogP contribution in [0.5, 0.6) is 0 Å². The van der Waals surface area contributed by atoms with E-state index in [9.17, 15) is 8.42 Å². The maximum atomic E-state index is 11.4.